The van der Waals surface area contributed by atoms with E-state index in [2.05, 4.69) is 16.0 Å². The molecule has 4 N–H and O–H groups in total. The molecule has 0 aliphatic heterocycles. The molecule has 0 aliphatic carbocycles. The highest BCUT2D eigenvalue weighted by molar-refractivity contribution is 5.86. The smallest absolute Gasteiger partial charge is 0.315 e. The van der Waals surface area contributed by atoms with Gasteiger partial charge in [-0.15, -0.1) is 0 Å². The van der Waals surface area contributed by atoms with Crippen LogP contribution < -0.4 is 16.0 Å². The molecule has 0 radical (unpaired) electrons. The molecule has 2 unspecified atom stereocenters. The van der Waals surface area contributed by atoms with Crippen LogP contribution in [0, 0.1) is 0 Å². The Labute approximate surface area is 111 Å². The summed E-state index contributed by atoms with van der Waals surface area (Å²) in [7, 11) is 1.37. The average Bonchev–Trinajstić information content (AvgIpc) is 2.34. The van der Waals surface area contributed by atoms with Crippen molar-refractivity contribution in [3.8, 4) is 0 Å². The molecule has 0 saturated heterocycles. The first-order valence-corrected chi connectivity index (χ1v) is 5.97. The quantitative estimate of drug-likeness (QED) is 0.467. The van der Waals surface area contributed by atoms with Gasteiger partial charge in [0.05, 0.1) is 12.5 Å². The lowest BCUT2D eigenvalue weighted by molar-refractivity contribution is -0.139. The minimum absolute atomic E-state index is 0.0523. The SMILES string of the molecule is CCNC(=O)C(C)NC(=O)NCC(CC(=O)O)OC. The number of carbonyl (C=O) groups is 3. The number of methoxy groups -OCH3 is 1. The van der Waals surface area contributed by atoms with Gasteiger partial charge < -0.3 is 25.8 Å². The number of carbonyl (C=O) groups excluding carboxylic acids is 2. The van der Waals surface area contributed by atoms with Crippen LogP contribution in [-0.4, -0.2) is 55.4 Å². The van der Waals surface area contributed by atoms with Gasteiger partial charge in [-0.2, -0.15) is 0 Å². The third-order valence-corrected chi connectivity index (χ3v) is 2.32. The summed E-state index contributed by atoms with van der Waals surface area (Å²) in [5.74, 6) is -1.30. The predicted octanol–water partition coefficient (Wildman–Crippen LogP) is -0.700. The van der Waals surface area contributed by atoms with Crippen LogP contribution in [-0.2, 0) is 14.3 Å². The van der Waals surface area contributed by atoms with Gasteiger partial charge in [0, 0.05) is 20.2 Å². The number of amides is 3. The van der Waals surface area contributed by atoms with Gasteiger partial charge in [0.2, 0.25) is 5.91 Å². The molecule has 19 heavy (non-hydrogen) atoms. The number of urea groups is 1. The van der Waals surface area contributed by atoms with E-state index >= 15 is 0 Å². The zero-order valence-electron chi connectivity index (χ0n) is 11.4. The van der Waals surface area contributed by atoms with Gasteiger partial charge >= 0.3 is 12.0 Å². The number of carboxylic acid groups (broad SMARTS) is 1. The van der Waals surface area contributed by atoms with Crippen LogP contribution in [0.15, 0.2) is 0 Å². The minimum atomic E-state index is -1.01. The molecule has 0 spiro atoms. The lowest BCUT2D eigenvalue weighted by atomic mass is 10.2. The van der Waals surface area contributed by atoms with E-state index in [0.29, 0.717) is 6.54 Å². The Morgan fingerprint density at radius 3 is 2.37 bits per heavy atom. The lowest BCUT2D eigenvalue weighted by Crippen LogP contribution is -2.49. The van der Waals surface area contributed by atoms with E-state index in [0.717, 1.165) is 0 Å². The summed E-state index contributed by atoms with van der Waals surface area (Å²) in [6.07, 6.45) is -0.814. The fraction of sp³-hybridized carbons (Fsp3) is 0.727. The van der Waals surface area contributed by atoms with Crippen LogP contribution in [0.25, 0.3) is 0 Å². The molecular formula is C11H21N3O5. The fourth-order valence-corrected chi connectivity index (χ4v) is 1.28. The minimum Gasteiger partial charge on any atom is -0.481 e. The summed E-state index contributed by atoms with van der Waals surface area (Å²) in [6.45, 7) is 3.86. The third-order valence-electron chi connectivity index (χ3n) is 2.32. The molecule has 8 nitrogen and oxygen atoms in total. The van der Waals surface area contributed by atoms with Crippen LogP contribution in [0.4, 0.5) is 4.79 Å². The molecule has 2 atom stereocenters. The van der Waals surface area contributed by atoms with Gasteiger partial charge in [0.1, 0.15) is 6.04 Å². The molecule has 3 amide bonds. The zero-order valence-corrected chi connectivity index (χ0v) is 11.4. The second kappa shape index (κ2) is 9.15. The summed E-state index contributed by atoms with van der Waals surface area (Å²) < 4.78 is 4.90. The predicted molar refractivity (Wildman–Crippen MR) is 67.7 cm³/mol. The maximum absolute atomic E-state index is 11.5. The molecule has 0 aromatic heterocycles. The number of ether oxygens (including phenoxy) is 1. The van der Waals surface area contributed by atoms with Crippen LogP contribution in [0.2, 0.25) is 0 Å². The molecule has 0 aliphatic rings. The summed E-state index contributed by atoms with van der Waals surface area (Å²) in [6, 6.07) is -1.22. The molecule has 0 heterocycles. The zero-order chi connectivity index (χ0) is 14.8. The number of rotatable bonds is 8. The number of carboxylic acids is 1. The van der Waals surface area contributed by atoms with E-state index in [1.807, 2.05) is 0 Å². The van der Waals surface area contributed by atoms with Crippen molar-refractivity contribution < 1.29 is 24.2 Å². The van der Waals surface area contributed by atoms with Gasteiger partial charge in [-0.3, -0.25) is 9.59 Å². The summed E-state index contributed by atoms with van der Waals surface area (Å²) in [4.78, 5) is 33.3. The Bertz CT molecular complexity index is 321. The average molecular weight is 275 g/mol. The Balaban J connectivity index is 4.03. The monoisotopic (exact) mass is 275 g/mol. The molecule has 0 aromatic carbocycles. The fourth-order valence-electron chi connectivity index (χ4n) is 1.28. The second-order valence-electron chi connectivity index (χ2n) is 3.93. The lowest BCUT2D eigenvalue weighted by Gasteiger charge is -2.17. The molecule has 0 saturated carbocycles. The van der Waals surface area contributed by atoms with Crippen molar-refractivity contribution in [2.45, 2.75) is 32.4 Å². The maximum atomic E-state index is 11.5. The molecular weight excluding hydrogens is 254 g/mol. The van der Waals surface area contributed by atoms with E-state index in [1.54, 1.807) is 13.8 Å². The highest BCUT2D eigenvalue weighted by Crippen LogP contribution is 1.95. The van der Waals surface area contributed by atoms with Gasteiger partial charge in [0.25, 0.3) is 0 Å². The number of hydrogen-bond donors (Lipinski definition) is 4. The molecule has 110 valence electrons. The number of aliphatic carboxylic acids is 1. The number of nitrogens with one attached hydrogen (secondary N) is 3. The van der Waals surface area contributed by atoms with Crippen molar-refractivity contribution in [3.05, 3.63) is 0 Å². The molecule has 0 rings (SSSR count). The van der Waals surface area contributed by atoms with Crippen molar-refractivity contribution in [3.63, 3.8) is 0 Å². The standard InChI is InChI=1S/C11H21N3O5/c1-4-12-10(17)7(2)14-11(18)13-6-8(19-3)5-9(15)16/h7-8H,4-6H2,1-3H3,(H,12,17)(H,15,16)(H2,13,14,18). The first kappa shape index (κ1) is 17.2. The Morgan fingerprint density at radius 1 is 1.26 bits per heavy atom. The maximum Gasteiger partial charge on any atom is 0.315 e. The second-order valence-corrected chi connectivity index (χ2v) is 3.93. The van der Waals surface area contributed by atoms with E-state index in [-0.39, 0.29) is 18.9 Å². The van der Waals surface area contributed by atoms with Crippen LogP contribution in [0.3, 0.4) is 0 Å². The van der Waals surface area contributed by atoms with E-state index in [1.165, 1.54) is 7.11 Å². The van der Waals surface area contributed by atoms with Gasteiger partial charge in [-0.1, -0.05) is 0 Å². The molecule has 0 fully saturated rings. The Kier molecular flexibility index (Phi) is 8.27. The van der Waals surface area contributed by atoms with Crippen molar-refractivity contribution in [1.29, 1.82) is 0 Å². The van der Waals surface area contributed by atoms with Crippen molar-refractivity contribution in [2.24, 2.45) is 0 Å². The van der Waals surface area contributed by atoms with E-state index in [4.69, 9.17) is 9.84 Å². The summed E-state index contributed by atoms with van der Waals surface area (Å²) >= 11 is 0. The Hall–Kier alpha value is -1.83. The van der Waals surface area contributed by atoms with Crippen LogP contribution >= 0.6 is 0 Å². The third kappa shape index (κ3) is 7.98. The Morgan fingerprint density at radius 2 is 1.89 bits per heavy atom. The topological polar surface area (TPSA) is 117 Å². The van der Waals surface area contributed by atoms with Crippen molar-refractivity contribution >= 4 is 17.9 Å². The summed E-state index contributed by atoms with van der Waals surface area (Å²) in [5.41, 5.74) is 0. The molecule has 0 bridgehead atoms. The molecule has 0 aromatic rings. The number of likely N-dealkylation sites (N-methyl/N-ethyl adjacent to an activating group) is 1. The largest absolute Gasteiger partial charge is 0.481 e. The first-order valence-electron chi connectivity index (χ1n) is 5.97. The highest BCUT2D eigenvalue weighted by Gasteiger charge is 2.16. The van der Waals surface area contributed by atoms with Crippen LogP contribution in [0.5, 0.6) is 0 Å². The van der Waals surface area contributed by atoms with E-state index < -0.39 is 24.1 Å². The molecule has 8 heteroatoms. The first-order chi connectivity index (χ1) is 8.90. The normalized spacial score (nSPS) is 13.2. The highest BCUT2D eigenvalue weighted by atomic mass is 16.5. The van der Waals surface area contributed by atoms with Gasteiger partial charge in [0.15, 0.2) is 0 Å². The van der Waals surface area contributed by atoms with E-state index in [9.17, 15) is 14.4 Å². The van der Waals surface area contributed by atoms with Crippen LogP contribution in [0.1, 0.15) is 20.3 Å². The summed E-state index contributed by atoms with van der Waals surface area (Å²) in [5, 5.41) is 16.0. The van der Waals surface area contributed by atoms with Crippen molar-refractivity contribution in [1.82, 2.24) is 16.0 Å². The number of hydrogen-bond acceptors (Lipinski definition) is 4. The van der Waals surface area contributed by atoms with Gasteiger partial charge in [-0.25, -0.2) is 4.79 Å². The van der Waals surface area contributed by atoms with Gasteiger partial charge in [-0.05, 0) is 13.8 Å². The van der Waals surface area contributed by atoms with Crippen molar-refractivity contribution in [2.75, 3.05) is 20.2 Å².